The Morgan fingerprint density at radius 1 is 1.50 bits per heavy atom. The van der Waals surface area contributed by atoms with Crippen LogP contribution in [-0.2, 0) is 36.3 Å². The van der Waals surface area contributed by atoms with E-state index in [1.807, 2.05) is 0 Å². The maximum absolute atomic E-state index is 7.94. The van der Waals surface area contributed by atoms with E-state index in [4.69, 9.17) is 3.87 Å². The number of rotatable bonds is 0. The molecule has 0 aliphatic carbocycles. The summed E-state index contributed by atoms with van der Waals surface area (Å²) in [6.07, 6.45) is 0. The average molecular weight is 142 g/mol. The minimum atomic E-state index is 0. The van der Waals surface area contributed by atoms with E-state index in [0.29, 0.717) is 0 Å². The number of hydrogen-bond acceptors (Lipinski definition) is 1. The third-order valence-electron chi connectivity index (χ3n) is 0. The standard InChI is InChI=1S/2Co.Li.O.H/q;;+1;;-1. The summed E-state index contributed by atoms with van der Waals surface area (Å²) in [5.41, 5.74) is 0. The normalized spacial score (nSPS) is 1.25. The first-order chi connectivity index (χ1) is 1.00. The Balaban J connectivity index is -0.00000000167. The molecule has 0 aromatic carbocycles. The summed E-state index contributed by atoms with van der Waals surface area (Å²) < 4.78 is 7.94. The molecule has 0 spiro atoms. The first-order valence-electron chi connectivity index (χ1n) is 0.136. The van der Waals surface area contributed by atoms with Gasteiger partial charge in [0.25, 0.3) is 0 Å². The van der Waals surface area contributed by atoms with Crippen LogP contribution in [0.2, 0.25) is 0 Å². The first kappa shape index (κ1) is 18.1. The summed E-state index contributed by atoms with van der Waals surface area (Å²) in [4.78, 5) is 0. The summed E-state index contributed by atoms with van der Waals surface area (Å²) in [5, 5.41) is 0. The van der Waals surface area contributed by atoms with Gasteiger partial charge in [-0.1, -0.05) is 0 Å². The maximum atomic E-state index is 7.94. The van der Waals surface area contributed by atoms with E-state index in [1.54, 1.807) is 0 Å². The second-order valence-corrected chi connectivity index (χ2v) is 0. The van der Waals surface area contributed by atoms with Crippen LogP contribution in [0.5, 0.6) is 0 Å². The molecular weight excluding hydrogens is 141 g/mol. The fourth-order valence-corrected chi connectivity index (χ4v) is 0. The van der Waals surface area contributed by atoms with Crippen molar-refractivity contribution in [1.29, 1.82) is 0 Å². The third kappa shape index (κ3) is 9.96. The van der Waals surface area contributed by atoms with Crippen molar-refractivity contribution in [1.82, 2.24) is 0 Å². The second-order valence-electron chi connectivity index (χ2n) is 0. The Hall–Kier alpha value is 1.41. The molecule has 0 fully saturated rings. The van der Waals surface area contributed by atoms with Gasteiger partial charge in [-0.3, -0.25) is 0 Å². The molecule has 1 nitrogen and oxygen atoms in total. The van der Waals surface area contributed by atoms with Gasteiger partial charge in [0, 0.05) is 16.8 Å². The molecule has 0 aliphatic rings. The van der Waals surface area contributed by atoms with Crippen molar-refractivity contribution in [3.05, 3.63) is 0 Å². The van der Waals surface area contributed by atoms with Gasteiger partial charge >= 0.3 is 38.4 Å². The van der Waals surface area contributed by atoms with Gasteiger partial charge < -0.3 is 1.43 Å². The van der Waals surface area contributed by atoms with Gasteiger partial charge in [0.2, 0.25) is 0 Å². The topological polar surface area (TPSA) is 17.1 Å². The Morgan fingerprint density at radius 2 is 1.50 bits per heavy atom. The Bertz CT molecular complexity index is 9.61. The van der Waals surface area contributed by atoms with Gasteiger partial charge in [-0.05, 0) is 0 Å². The predicted octanol–water partition coefficient (Wildman–Crippen LogP) is -3.01. The fraction of sp³-hybridized carbons (Fsp3) is 0. The van der Waals surface area contributed by atoms with Crippen LogP contribution in [0.3, 0.4) is 0 Å². The molecule has 0 saturated heterocycles. The molecule has 1 radical (unpaired) electrons. The van der Waals surface area contributed by atoms with Crippen LogP contribution in [0.1, 0.15) is 1.43 Å². The zero-order valence-electron chi connectivity index (χ0n) is 3.07. The van der Waals surface area contributed by atoms with Crippen molar-refractivity contribution < 1.29 is 56.6 Å². The average Bonchev–Trinajstić information content (AvgIpc) is 1.00. The molecule has 0 bridgehead atoms. The van der Waals surface area contributed by atoms with E-state index in [9.17, 15) is 0 Å². The summed E-state index contributed by atoms with van der Waals surface area (Å²) in [5.74, 6) is 0. The van der Waals surface area contributed by atoms with Crippen LogP contribution in [0.15, 0.2) is 0 Å². The molecule has 0 unspecified atom stereocenters. The van der Waals surface area contributed by atoms with E-state index in [2.05, 4.69) is 15.7 Å². The summed E-state index contributed by atoms with van der Waals surface area (Å²) in [7, 11) is 0. The van der Waals surface area contributed by atoms with Gasteiger partial charge in [0.15, 0.2) is 0 Å². The zero-order chi connectivity index (χ0) is 2.00. The van der Waals surface area contributed by atoms with Crippen LogP contribution in [0, 0.1) is 0 Å². The molecule has 26 valence electrons. The summed E-state index contributed by atoms with van der Waals surface area (Å²) >= 11 is 2.31. The van der Waals surface area contributed by atoms with Crippen LogP contribution < -0.4 is 18.9 Å². The molecular formula is HCo2LiO. The molecule has 0 amide bonds. The van der Waals surface area contributed by atoms with E-state index in [1.165, 1.54) is 0 Å². The third-order valence-corrected chi connectivity index (χ3v) is 0. The number of hydrogen-bond donors (Lipinski definition) is 0. The molecule has 0 saturated carbocycles. The quantitative estimate of drug-likeness (QED) is 0.329. The second kappa shape index (κ2) is 25.8. The van der Waals surface area contributed by atoms with Crippen molar-refractivity contribution >= 4 is 0 Å². The van der Waals surface area contributed by atoms with Crippen molar-refractivity contribution in [2.45, 2.75) is 0 Å². The fourth-order valence-electron chi connectivity index (χ4n) is 0. The van der Waals surface area contributed by atoms with Crippen LogP contribution in [-0.4, -0.2) is 0 Å². The van der Waals surface area contributed by atoms with Crippen molar-refractivity contribution in [2.75, 3.05) is 0 Å². The first-order valence-corrected chi connectivity index (χ1v) is 0.561. The minimum absolute atomic E-state index is 0. The van der Waals surface area contributed by atoms with Gasteiger partial charge in [-0.2, -0.15) is 0 Å². The molecule has 0 rings (SSSR count). The van der Waals surface area contributed by atoms with Gasteiger partial charge in [-0.25, -0.2) is 0 Å². The molecule has 0 aromatic rings. The van der Waals surface area contributed by atoms with E-state index in [-0.39, 0.29) is 37.1 Å². The van der Waals surface area contributed by atoms with E-state index >= 15 is 0 Å². The van der Waals surface area contributed by atoms with E-state index in [0.717, 1.165) is 0 Å². The van der Waals surface area contributed by atoms with E-state index < -0.39 is 0 Å². The molecule has 0 atom stereocenters. The Morgan fingerprint density at radius 3 is 1.50 bits per heavy atom. The molecule has 0 N–H and O–H groups in total. The van der Waals surface area contributed by atoms with Crippen LogP contribution in [0.25, 0.3) is 0 Å². The molecule has 0 aromatic heterocycles. The molecule has 0 heterocycles. The molecule has 0 aliphatic heterocycles. The van der Waals surface area contributed by atoms with Gasteiger partial charge in [-0.15, -0.1) is 0 Å². The van der Waals surface area contributed by atoms with Gasteiger partial charge in [0.1, 0.15) is 0 Å². The summed E-state index contributed by atoms with van der Waals surface area (Å²) in [6.45, 7) is 0. The SMILES string of the molecule is [Co].[H-].[Li+].[O]=[Co]. The van der Waals surface area contributed by atoms with Crippen molar-refractivity contribution in [3.63, 3.8) is 0 Å². The van der Waals surface area contributed by atoms with Crippen LogP contribution >= 0.6 is 0 Å². The molecule has 4 heteroatoms. The Labute approximate surface area is 56.5 Å². The van der Waals surface area contributed by atoms with Crippen molar-refractivity contribution in [2.24, 2.45) is 0 Å². The zero-order valence-corrected chi connectivity index (χ0v) is 4.16. The monoisotopic (exact) mass is 142 g/mol. The predicted molar refractivity (Wildman–Crippen MR) is 1.80 cm³/mol. The van der Waals surface area contributed by atoms with Crippen LogP contribution in [0.4, 0.5) is 0 Å². The molecule has 4 heavy (non-hydrogen) atoms. The summed E-state index contributed by atoms with van der Waals surface area (Å²) in [6, 6.07) is 0. The van der Waals surface area contributed by atoms with Gasteiger partial charge in [0.05, 0.1) is 0 Å². The Kier molecular flexibility index (Phi) is 117. The van der Waals surface area contributed by atoms with Crippen molar-refractivity contribution in [3.8, 4) is 0 Å².